The first kappa shape index (κ1) is 19.0. The second-order valence-corrected chi connectivity index (χ2v) is 8.44. The molecule has 0 bridgehead atoms. The summed E-state index contributed by atoms with van der Waals surface area (Å²) in [6.07, 6.45) is 0.202. The molecule has 2 aromatic rings. The molecule has 1 saturated heterocycles. The SMILES string of the molecule is O=C1Nc2ccccc2S[C@@H]1CC(=O)N1CC[NH+](Cc2ccccc2F)CC1. The molecule has 0 spiro atoms. The van der Waals surface area contributed by atoms with Crippen LogP contribution in [0.2, 0.25) is 0 Å². The second-order valence-electron chi connectivity index (χ2n) is 7.20. The van der Waals surface area contributed by atoms with Crippen molar-refractivity contribution in [3.63, 3.8) is 0 Å². The quantitative estimate of drug-likeness (QED) is 0.819. The van der Waals surface area contributed by atoms with E-state index in [1.54, 1.807) is 6.07 Å². The van der Waals surface area contributed by atoms with E-state index in [-0.39, 0.29) is 24.1 Å². The highest BCUT2D eigenvalue weighted by Gasteiger charge is 2.32. The number of carbonyl (C=O) groups is 2. The maximum Gasteiger partial charge on any atom is 0.238 e. The molecule has 0 aliphatic carbocycles. The normalized spacial score (nSPS) is 19.8. The van der Waals surface area contributed by atoms with Crippen LogP contribution < -0.4 is 10.2 Å². The van der Waals surface area contributed by atoms with Gasteiger partial charge in [0.2, 0.25) is 11.8 Å². The van der Waals surface area contributed by atoms with Crippen LogP contribution in [0.4, 0.5) is 10.1 Å². The van der Waals surface area contributed by atoms with Crippen molar-refractivity contribution in [2.24, 2.45) is 0 Å². The van der Waals surface area contributed by atoms with Gasteiger partial charge < -0.3 is 15.1 Å². The number of benzene rings is 2. The van der Waals surface area contributed by atoms with Gasteiger partial charge in [0.1, 0.15) is 12.4 Å². The van der Waals surface area contributed by atoms with E-state index >= 15 is 0 Å². The van der Waals surface area contributed by atoms with E-state index in [9.17, 15) is 14.0 Å². The average molecular weight is 400 g/mol. The average Bonchev–Trinajstić information content (AvgIpc) is 2.71. The number of amides is 2. The Morgan fingerprint density at radius 2 is 1.86 bits per heavy atom. The molecule has 5 nitrogen and oxygen atoms in total. The lowest BCUT2D eigenvalue weighted by atomic mass is 10.1. The first-order chi connectivity index (χ1) is 13.6. The Kier molecular flexibility index (Phi) is 5.64. The molecule has 0 unspecified atom stereocenters. The lowest BCUT2D eigenvalue weighted by Crippen LogP contribution is -3.13. The molecule has 2 aliphatic rings. The molecule has 7 heteroatoms. The molecule has 0 aromatic heterocycles. The Bertz CT molecular complexity index is 883. The molecule has 4 rings (SSSR count). The number of nitrogens with zero attached hydrogens (tertiary/aromatic N) is 1. The largest absolute Gasteiger partial charge is 0.331 e. The van der Waals surface area contributed by atoms with Gasteiger partial charge in [-0.15, -0.1) is 11.8 Å². The Morgan fingerprint density at radius 1 is 1.14 bits per heavy atom. The van der Waals surface area contributed by atoms with E-state index in [4.69, 9.17) is 0 Å². The summed E-state index contributed by atoms with van der Waals surface area (Å²) >= 11 is 1.45. The lowest BCUT2D eigenvalue weighted by Gasteiger charge is -2.33. The molecule has 1 fully saturated rings. The number of anilines is 1. The summed E-state index contributed by atoms with van der Waals surface area (Å²) in [7, 11) is 0. The molecule has 1 atom stereocenters. The van der Waals surface area contributed by atoms with Gasteiger partial charge in [-0.25, -0.2) is 4.39 Å². The first-order valence-corrected chi connectivity index (χ1v) is 10.4. The Morgan fingerprint density at radius 3 is 2.64 bits per heavy atom. The monoisotopic (exact) mass is 400 g/mol. The van der Waals surface area contributed by atoms with E-state index in [1.165, 1.54) is 22.7 Å². The van der Waals surface area contributed by atoms with Crippen LogP contribution in [-0.4, -0.2) is 48.1 Å². The molecule has 2 aliphatic heterocycles. The highest BCUT2D eigenvalue weighted by molar-refractivity contribution is 8.01. The van der Waals surface area contributed by atoms with Gasteiger partial charge in [-0.05, 0) is 18.2 Å². The van der Waals surface area contributed by atoms with Crippen molar-refractivity contribution in [2.75, 3.05) is 31.5 Å². The molecule has 2 heterocycles. The third-order valence-electron chi connectivity index (χ3n) is 5.29. The fourth-order valence-electron chi connectivity index (χ4n) is 3.67. The number of nitrogens with one attached hydrogen (secondary N) is 2. The maximum absolute atomic E-state index is 13.8. The minimum absolute atomic E-state index is 0.0111. The van der Waals surface area contributed by atoms with Crippen LogP contribution in [0.15, 0.2) is 53.4 Å². The number of fused-ring (bicyclic) bond motifs is 1. The number of halogens is 1. The topological polar surface area (TPSA) is 53.9 Å². The molecule has 0 radical (unpaired) electrons. The Hall–Kier alpha value is -2.38. The van der Waals surface area contributed by atoms with Crippen molar-refractivity contribution in [3.05, 3.63) is 59.9 Å². The van der Waals surface area contributed by atoms with Crippen molar-refractivity contribution in [1.82, 2.24) is 4.90 Å². The van der Waals surface area contributed by atoms with E-state index in [1.807, 2.05) is 41.3 Å². The van der Waals surface area contributed by atoms with Crippen LogP contribution in [0.3, 0.4) is 0 Å². The van der Waals surface area contributed by atoms with Crippen LogP contribution >= 0.6 is 11.8 Å². The standard InChI is InChI=1S/C21H22FN3O2S/c22-16-6-2-1-5-15(16)14-24-9-11-25(12-10-24)20(26)13-19-21(27)23-17-7-3-4-8-18(17)28-19/h1-8,19H,9-14H2,(H,23,27)/p+1/t19-/m1/s1. The fraction of sp³-hybridized carbons (Fsp3) is 0.333. The molecule has 28 heavy (non-hydrogen) atoms. The zero-order valence-electron chi connectivity index (χ0n) is 15.5. The molecule has 2 N–H and O–H groups in total. The number of hydrogen-bond donors (Lipinski definition) is 2. The maximum atomic E-state index is 13.8. The van der Waals surface area contributed by atoms with Gasteiger partial charge in [0.05, 0.1) is 37.1 Å². The van der Waals surface area contributed by atoms with Gasteiger partial charge in [0, 0.05) is 16.9 Å². The fourth-order valence-corrected chi connectivity index (χ4v) is 4.78. The summed E-state index contributed by atoms with van der Waals surface area (Å²) < 4.78 is 13.8. The van der Waals surface area contributed by atoms with Crippen LogP contribution in [0.5, 0.6) is 0 Å². The second kappa shape index (κ2) is 8.32. The molecular formula is C21H23FN3O2S+. The summed E-state index contributed by atoms with van der Waals surface area (Å²) in [5.74, 6) is -0.271. The smallest absolute Gasteiger partial charge is 0.238 e. The Balaban J connectivity index is 1.30. The third kappa shape index (κ3) is 4.20. The third-order valence-corrected chi connectivity index (χ3v) is 6.56. The van der Waals surface area contributed by atoms with Crippen LogP contribution in [0, 0.1) is 5.82 Å². The number of para-hydroxylation sites is 1. The number of carbonyl (C=O) groups excluding carboxylic acids is 2. The highest BCUT2D eigenvalue weighted by Crippen LogP contribution is 2.36. The van der Waals surface area contributed by atoms with Crippen LogP contribution in [0.1, 0.15) is 12.0 Å². The van der Waals surface area contributed by atoms with Gasteiger partial charge in [-0.2, -0.15) is 0 Å². The first-order valence-electron chi connectivity index (χ1n) is 9.51. The van der Waals surface area contributed by atoms with Crippen molar-refractivity contribution in [1.29, 1.82) is 0 Å². The number of hydrogen-bond acceptors (Lipinski definition) is 3. The minimum atomic E-state index is -0.397. The predicted octanol–water partition coefficient (Wildman–Crippen LogP) is 1.56. The van der Waals surface area contributed by atoms with Crippen LogP contribution in [0.25, 0.3) is 0 Å². The molecular weight excluding hydrogens is 377 g/mol. The van der Waals surface area contributed by atoms with Gasteiger partial charge >= 0.3 is 0 Å². The van der Waals surface area contributed by atoms with Gasteiger partial charge in [0.15, 0.2) is 0 Å². The number of quaternary nitrogens is 1. The molecule has 0 saturated carbocycles. The minimum Gasteiger partial charge on any atom is -0.331 e. The molecule has 146 valence electrons. The van der Waals surface area contributed by atoms with Gasteiger partial charge in [-0.1, -0.05) is 30.3 Å². The van der Waals surface area contributed by atoms with E-state index < -0.39 is 5.25 Å². The van der Waals surface area contributed by atoms with Crippen molar-refractivity contribution in [2.45, 2.75) is 23.1 Å². The predicted molar refractivity (Wildman–Crippen MR) is 107 cm³/mol. The zero-order valence-corrected chi connectivity index (χ0v) is 16.3. The summed E-state index contributed by atoms with van der Waals surface area (Å²) in [6.45, 7) is 3.47. The molecule has 2 amide bonds. The number of rotatable bonds is 4. The molecule has 2 aromatic carbocycles. The summed E-state index contributed by atoms with van der Waals surface area (Å²) in [5, 5.41) is 2.49. The van der Waals surface area contributed by atoms with Crippen molar-refractivity contribution < 1.29 is 18.9 Å². The van der Waals surface area contributed by atoms with Crippen molar-refractivity contribution >= 4 is 29.3 Å². The van der Waals surface area contributed by atoms with Crippen LogP contribution in [-0.2, 0) is 16.1 Å². The zero-order chi connectivity index (χ0) is 19.5. The number of thioether (sulfide) groups is 1. The Labute approximate surface area is 167 Å². The van der Waals surface area contributed by atoms with Gasteiger partial charge in [0.25, 0.3) is 0 Å². The number of piperazine rings is 1. The summed E-state index contributed by atoms with van der Waals surface area (Å²) in [6, 6.07) is 14.5. The summed E-state index contributed by atoms with van der Waals surface area (Å²) in [5.41, 5.74) is 1.53. The highest BCUT2D eigenvalue weighted by atomic mass is 32.2. The lowest BCUT2D eigenvalue weighted by molar-refractivity contribution is -0.917. The van der Waals surface area contributed by atoms with E-state index in [2.05, 4.69) is 5.32 Å². The van der Waals surface area contributed by atoms with E-state index in [0.29, 0.717) is 25.2 Å². The van der Waals surface area contributed by atoms with Crippen molar-refractivity contribution in [3.8, 4) is 0 Å². The summed E-state index contributed by atoms with van der Waals surface area (Å²) in [4.78, 5) is 29.1. The van der Waals surface area contributed by atoms with Gasteiger partial charge in [-0.3, -0.25) is 9.59 Å². The van der Waals surface area contributed by atoms with E-state index in [0.717, 1.165) is 23.7 Å².